The average Bonchev–Trinajstić information content (AvgIpc) is 3.38. The summed E-state index contributed by atoms with van der Waals surface area (Å²) in [7, 11) is -1.25. The van der Waals surface area contributed by atoms with E-state index in [1.807, 2.05) is 0 Å². The molecule has 68 heavy (non-hydrogen) atoms. The normalized spacial score (nSPS) is 12.2. The van der Waals surface area contributed by atoms with Crippen LogP contribution in [-0.4, -0.2) is 38.8 Å². The Bertz CT molecular complexity index is 2470. The quantitative estimate of drug-likeness (QED) is 0.0804. The second-order valence-corrected chi connectivity index (χ2v) is 22.0. The number of para-hydroxylation sites is 4. The van der Waals surface area contributed by atoms with E-state index in [9.17, 15) is 0 Å². The molecule has 0 N–H and O–H groups in total. The van der Waals surface area contributed by atoms with E-state index in [0.29, 0.717) is 52.1 Å². The topological polar surface area (TPSA) is 36.9 Å². The van der Waals surface area contributed by atoms with Crippen LogP contribution in [-0.2, 0) is 25.7 Å². The molecule has 6 heteroatoms. The minimum Gasteiger partial charge on any atom is -0.493 e. The molecule has 0 atom stereocenters. The summed E-state index contributed by atoms with van der Waals surface area (Å²) in [5.74, 6) is 3.84. The molecule has 0 fully saturated rings. The lowest BCUT2D eigenvalue weighted by molar-refractivity contribution is 0.310. The van der Waals surface area contributed by atoms with Crippen LogP contribution in [0.25, 0.3) is 0 Å². The first kappa shape index (κ1) is 46.9. The maximum absolute atomic E-state index is 7.15. The first-order valence-electron chi connectivity index (χ1n) is 24.4. The molecule has 344 valence electrons. The molecule has 8 aromatic rings. The molecular weight excluding hydrogens is 871 g/mol. The highest BCUT2D eigenvalue weighted by Gasteiger charge is 2.23. The summed E-state index contributed by atoms with van der Waals surface area (Å²) in [5, 5.41) is 5.44. The number of fused-ring (bicyclic) bond motifs is 8. The average molecular weight is 933 g/mol. The van der Waals surface area contributed by atoms with Crippen LogP contribution in [0.2, 0.25) is 0 Å². The Labute approximate surface area is 406 Å². The molecule has 0 spiro atoms. The van der Waals surface area contributed by atoms with Crippen molar-refractivity contribution in [1.29, 1.82) is 0 Å². The molecule has 9 rings (SSSR count). The summed E-state index contributed by atoms with van der Waals surface area (Å²) >= 11 is 0. The van der Waals surface area contributed by atoms with E-state index in [1.165, 1.54) is 21.2 Å². The number of hydrogen-bond donors (Lipinski definition) is 0. The summed E-state index contributed by atoms with van der Waals surface area (Å²) in [5.41, 5.74) is 9.25. The van der Waals surface area contributed by atoms with Gasteiger partial charge in [-0.25, -0.2) is 0 Å². The lowest BCUT2D eigenvalue weighted by atomic mass is 9.91. The van der Waals surface area contributed by atoms with Crippen LogP contribution < -0.4 is 40.2 Å². The molecule has 0 heterocycles. The summed E-state index contributed by atoms with van der Waals surface area (Å²) < 4.78 is 27.9. The van der Waals surface area contributed by atoms with Crippen molar-refractivity contribution in [3.63, 3.8) is 0 Å². The number of ether oxygens (including phenoxy) is 4. The van der Waals surface area contributed by atoms with E-state index >= 15 is 0 Å². The monoisotopic (exact) mass is 932 g/mol. The smallest absolute Gasteiger partial charge is 0.126 e. The second kappa shape index (κ2) is 23.7. The van der Waals surface area contributed by atoms with Gasteiger partial charge in [0.1, 0.15) is 23.0 Å². The Morgan fingerprint density at radius 3 is 0.721 bits per heavy atom. The predicted molar refractivity (Wildman–Crippen MR) is 287 cm³/mol. The Balaban J connectivity index is 1.11. The highest BCUT2D eigenvalue weighted by Crippen LogP contribution is 2.41. The van der Waals surface area contributed by atoms with Gasteiger partial charge in [0.25, 0.3) is 0 Å². The molecule has 0 radical (unpaired) electrons. The fraction of sp³-hybridized carbons (Fsp3) is 0.226. The van der Waals surface area contributed by atoms with E-state index in [2.05, 4.69) is 208 Å². The summed E-state index contributed by atoms with van der Waals surface area (Å²) in [4.78, 5) is 0. The van der Waals surface area contributed by atoms with Crippen molar-refractivity contribution < 1.29 is 18.9 Å². The molecule has 0 saturated carbocycles. The van der Waals surface area contributed by atoms with Gasteiger partial charge in [0.15, 0.2) is 0 Å². The molecule has 0 saturated heterocycles. The minimum absolute atomic E-state index is 0.591. The minimum atomic E-state index is -0.623. The first-order chi connectivity index (χ1) is 33.7. The maximum atomic E-state index is 7.15. The van der Waals surface area contributed by atoms with Crippen LogP contribution in [0.5, 0.6) is 23.0 Å². The number of benzene rings is 8. The molecule has 1 aliphatic rings. The third kappa shape index (κ3) is 11.6. The van der Waals surface area contributed by atoms with Gasteiger partial charge in [-0.05, 0) is 94.4 Å². The van der Waals surface area contributed by atoms with E-state index in [4.69, 9.17) is 18.9 Å². The highest BCUT2D eigenvalue weighted by atomic mass is 31.1. The van der Waals surface area contributed by atoms with Crippen molar-refractivity contribution in [2.75, 3.05) is 38.8 Å². The predicted octanol–water partition coefficient (Wildman–Crippen LogP) is 13.0. The van der Waals surface area contributed by atoms with Crippen molar-refractivity contribution in [2.24, 2.45) is 0 Å². The lowest BCUT2D eigenvalue weighted by Gasteiger charge is -2.24. The lowest BCUT2D eigenvalue weighted by Crippen LogP contribution is -2.18. The molecule has 0 aromatic heterocycles. The zero-order valence-electron chi connectivity index (χ0n) is 39.5. The van der Waals surface area contributed by atoms with Crippen LogP contribution in [0, 0.1) is 0 Å². The second-order valence-electron chi connectivity index (χ2n) is 17.4. The molecule has 8 aromatic carbocycles. The zero-order chi connectivity index (χ0) is 46.3. The van der Waals surface area contributed by atoms with Gasteiger partial charge in [-0.2, -0.15) is 0 Å². The Morgan fingerprint density at radius 2 is 0.500 bits per heavy atom. The third-order valence-electron chi connectivity index (χ3n) is 12.5. The molecule has 0 unspecified atom stereocenters. The van der Waals surface area contributed by atoms with Gasteiger partial charge in [-0.3, -0.25) is 0 Å². The SMILES string of the molecule is CCCOc1c2cccc1Cc1cccc(c1OCCP(c1ccccc1)c1ccccc1)Cc1cccc(c1OCCC)Cc1cccc(c1OCCP(c1ccccc1)c1ccccc1)C2. The van der Waals surface area contributed by atoms with Gasteiger partial charge in [-0.15, -0.1) is 0 Å². The molecule has 1 aliphatic carbocycles. The van der Waals surface area contributed by atoms with E-state index in [0.717, 1.165) is 92.7 Å². The first-order valence-corrected chi connectivity index (χ1v) is 27.4. The molecular formula is C62H62O4P2. The Kier molecular flexibility index (Phi) is 16.4. The zero-order valence-corrected chi connectivity index (χ0v) is 41.3. The standard InChI is InChI=1S/C62H62O4P2/c1-3-37-63-59-47-21-17-22-48(59)44-52-26-20-28-54(62(52)66-40-42-68(57-33-13-7-14-34-57)58-35-15-8-16-36-58)46-50-24-18-23-49(60(50)64-38-4-2)45-53-27-19-25-51(43-47)61(53)65-39-41-67(55-29-9-5-10-30-55)56-31-11-6-12-32-56/h5-36H,3-4,37-46H2,1-2H3. The van der Waals surface area contributed by atoms with E-state index < -0.39 is 15.8 Å². The van der Waals surface area contributed by atoms with Crippen molar-refractivity contribution in [3.05, 3.63) is 239 Å². The number of hydrogen-bond acceptors (Lipinski definition) is 4. The summed E-state index contributed by atoms with van der Waals surface area (Å²) in [6.45, 7) is 6.81. The summed E-state index contributed by atoms with van der Waals surface area (Å²) in [6.07, 6.45) is 6.33. The van der Waals surface area contributed by atoms with Crippen LogP contribution in [0.3, 0.4) is 0 Å². The van der Waals surface area contributed by atoms with Crippen molar-refractivity contribution in [1.82, 2.24) is 0 Å². The van der Waals surface area contributed by atoms with Gasteiger partial charge < -0.3 is 18.9 Å². The van der Waals surface area contributed by atoms with Crippen LogP contribution in [0.4, 0.5) is 0 Å². The fourth-order valence-corrected chi connectivity index (χ4v) is 13.7. The van der Waals surface area contributed by atoms with E-state index in [-0.39, 0.29) is 0 Å². The van der Waals surface area contributed by atoms with Gasteiger partial charge >= 0.3 is 0 Å². The molecule has 4 nitrogen and oxygen atoms in total. The number of rotatable bonds is 18. The van der Waals surface area contributed by atoms with Gasteiger partial charge in [0, 0.05) is 38.0 Å². The van der Waals surface area contributed by atoms with E-state index in [1.54, 1.807) is 0 Å². The van der Waals surface area contributed by atoms with Crippen LogP contribution in [0.15, 0.2) is 194 Å². The van der Waals surface area contributed by atoms with Crippen molar-refractivity contribution >= 4 is 37.1 Å². The van der Waals surface area contributed by atoms with Crippen molar-refractivity contribution in [3.8, 4) is 23.0 Å². The Hall–Kier alpha value is -6.18. The fourth-order valence-electron chi connectivity index (χ4n) is 9.36. The molecule has 8 bridgehead atoms. The van der Waals surface area contributed by atoms with Crippen LogP contribution >= 0.6 is 15.8 Å². The summed E-state index contributed by atoms with van der Waals surface area (Å²) in [6, 6.07) is 70.5. The van der Waals surface area contributed by atoms with Gasteiger partial charge in [0.2, 0.25) is 0 Å². The van der Waals surface area contributed by atoms with Gasteiger partial charge in [0.05, 0.1) is 26.4 Å². The molecule has 0 amide bonds. The maximum Gasteiger partial charge on any atom is 0.126 e. The largest absolute Gasteiger partial charge is 0.493 e. The van der Waals surface area contributed by atoms with Gasteiger partial charge in [-0.1, -0.05) is 208 Å². The molecule has 0 aliphatic heterocycles. The van der Waals surface area contributed by atoms with Crippen molar-refractivity contribution in [2.45, 2.75) is 52.4 Å². The third-order valence-corrected chi connectivity index (χ3v) is 17.5. The Morgan fingerprint density at radius 1 is 0.279 bits per heavy atom. The highest BCUT2D eigenvalue weighted by molar-refractivity contribution is 7.73. The van der Waals surface area contributed by atoms with Crippen LogP contribution in [0.1, 0.15) is 71.2 Å².